The largest absolute Gasteiger partial charge is 0.341 e. The van der Waals surface area contributed by atoms with E-state index in [2.05, 4.69) is 33.9 Å². The predicted molar refractivity (Wildman–Crippen MR) is 62.0 cm³/mol. The molecule has 0 atom stereocenters. The highest BCUT2D eigenvalue weighted by molar-refractivity contribution is 7.13. The minimum Gasteiger partial charge on any atom is -0.341 e. The molecule has 3 heterocycles. The first kappa shape index (κ1) is 9.12. The predicted octanol–water partition coefficient (Wildman–Crippen LogP) is 2.02. The lowest BCUT2D eigenvalue weighted by Gasteiger charge is -2.18. The summed E-state index contributed by atoms with van der Waals surface area (Å²) in [5.41, 5.74) is 5.76. The number of nitrogens with zero attached hydrogens (tertiary/aromatic N) is 2. The van der Waals surface area contributed by atoms with Gasteiger partial charge in [-0.05, 0) is 19.1 Å². The molecular weight excluding hydrogens is 206 g/mol. The Kier molecular flexibility index (Phi) is 2.11. The molecule has 1 aliphatic heterocycles. The summed E-state index contributed by atoms with van der Waals surface area (Å²) < 4.78 is 2.40. The molecule has 0 radical (unpaired) electrons. The molecule has 0 saturated carbocycles. The van der Waals surface area contributed by atoms with Crippen LogP contribution in [0, 0.1) is 6.92 Å². The Balaban J connectivity index is 2.13. The fourth-order valence-electron chi connectivity index (χ4n) is 2.08. The standard InChI is InChI=1S/C11H13N3S/c1-8-11(15-7-13-8)10-3-2-9-6-12-4-5-14(9)10/h2-3,7,12H,4-6H2,1H3. The van der Waals surface area contributed by atoms with E-state index in [0.29, 0.717) is 0 Å². The number of thiazole rings is 1. The number of hydrogen-bond acceptors (Lipinski definition) is 3. The van der Waals surface area contributed by atoms with Gasteiger partial charge in [-0.25, -0.2) is 4.98 Å². The molecule has 4 heteroatoms. The van der Waals surface area contributed by atoms with Crippen molar-refractivity contribution in [1.29, 1.82) is 0 Å². The van der Waals surface area contributed by atoms with Crippen LogP contribution in [-0.2, 0) is 13.1 Å². The molecule has 0 saturated heterocycles. The second-order valence-corrected chi connectivity index (χ2v) is 4.66. The number of rotatable bonds is 1. The lowest BCUT2D eigenvalue weighted by molar-refractivity contribution is 0.520. The molecule has 0 aliphatic carbocycles. The number of aryl methyl sites for hydroxylation is 1. The van der Waals surface area contributed by atoms with Crippen molar-refractivity contribution in [2.24, 2.45) is 0 Å². The minimum absolute atomic E-state index is 0.984. The van der Waals surface area contributed by atoms with Crippen LogP contribution < -0.4 is 5.32 Å². The van der Waals surface area contributed by atoms with E-state index in [1.807, 2.05) is 5.51 Å². The molecular formula is C11H13N3S. The molecule has 1 aliphatic rings. The summed E-state index contributed by atoms with van der Waals surface area (Å²) >= 11 is 1.73. The van der Waals surface area contributed by atoms with Gasteiger partial charge in [0.15, 0.2) is 0 Å². The third-order valence-electron chi connectivity index (χ3n) is 2.87. The Morgan fingerprint density at radius 2 is 2.40 bits per heavy atom. The van der Waals surface area contributed by atoms with Gasteiger partial charge in [-0.1, -0.05) is 0 Å². The highest BCUT2D eigenvalue weighted by atomic mass is 32.1. The Morgan fingerprint density at radius 1 is 1.47 bits per heavy atom. The molecule has 2 aromatic rings. The third kappa shape index (κ3) is 1.41. The van der Waals surface area contributed by atoms with Gasteiger partial charge in [-0.2, -0.15) is 0 Å². The average Bonchev–Trinajstić information content (AvgIpc) is 2.83. The summed E-state index contributed by atoms with van der Waals surface area (Å²) in [4.78, 5) is 5.62. The zero-order chi connectivity index (χ0) is 10.3. The molecule has 15 heavy (non-hydrogen) atoms. The lowest BCUT2D eigenvalue weighted by atomic mass is 10.3. The van der Waals surface area contributed by atoms with Gasteiger partial charge in [0.2, 0.25) is 0 Å². The van der Waals surface area contributed by atoms with E-state index in [-0.39, 0.29) is 0 Å². The molecule has 78 valence electrons. The van der Waals surface area contributed by atoms with E-state index in [9.17, 15) is 0 Å². The van der Waals surface area contributed by atoms with Crippen molar-refractivity contribution in [1.82, 2.24) is 14.9 Å². The molecule has 0 amide bonds. The van der Waals surface area contributed by atoms with Crippen LogP contribution in [0.3, 0.4) is 0 Å². The number of nitrogens with one attached hydrogen (secondary N) is 1. The fraction of sp³-hybridized carbons (Fsp3) is 0.364. The molecule has 0 bridgehead atoms. The van der Waals surface area contributed by atoms with Crippen LogP contribution in [0.5, 0.6) is 0 Å². The molecule has 0 unspecified atom stereocenters. The first-order valence-corrected chi connectivity index (χ1v) is 6.04. The maximum Gasteiger partial charge on any atom is 0.0801 e. The molecule has 1 N–H and O–H groups in total. The topological polar surface area (TPSA) is 29.9 Å². The highest BCUT2D eigenvalue weighted by Gasteiger charge is 2.15. The van der Waals surface area contributed by atoms with Crippen molar-refractivity contribution >= 4 is 11.3 Å². The minimum atomic E-state index is 0.984. The highest BCUT2D eigenvalue weighted by Crippen LogP contribution is 2.29. The lowest BCUT2D eigenvalue weighted by Crippen LogP contribution is -2.27. The zero-order valence-corrected chi connectivity index (χ0v) is 9.47. The Labute approximate surface area is 92.8 Å². The monoisotopic (exact) mass is 219 g/mol. The van der Waals surface area contributed by atoms with Crippen molar-refractivity contribution in [3.63, 3.8) is 0 Å². The number of fused-ring (bicyclic) bond motifs is 1. The average molecular weight is 219 g/mol. The van der Waals surface area contributed by atoms with E-state index in [0.717, 1.165) is 25.3 Å². The maximum absolute atomic E-state index is 4.31. The van der Waals surface area contributed by atoms with E-state index < -0.39 is 0 Å². The summed E-state index contributed by atoms with van der Waals surface area (Å²) in [6.07, 6.45) is 0. The van der Waals surface area contributed by atoms with E-state index in [1.165, 1.54) is 16.3 Å². The molecule has 3 rings (SSSR count). The second-order valence-electron chi connectivity index (χ2n) is 3.81. The first-order chi connectivity index (χ1) is 7.36. The fourth-order valence-corrected chi connectivity index (χ4v) is 2.92. The quantitative estimate of drug-likeness (QED) is 0.795. The third-order valence-corrected chi connectivity index (χ3v) is 3.82. The normalized spacial score (nSPS) is 15.3. The zero-order valence-electron chi connectivity index (χ0n) is 8.66. The Hall–Kier alpha value is -1.13. The van der Waals surface area contributed by atoms with Gasteiger partial charge in [-0.15, -0.1) is 11.3 Å². The van der Waals surface area contributed by atoms with Crippen LogP contribution in [-0.4, -0.2) is 16.1 Å². The summed E-state index contributed by atoms with van der Waals surface area (Å²) in [5.74, 6) is 0. The van der Waals surface area contributed by atoms with Gasteiger partial charge in [-0.3, -0.25) is 0 Å². The van der Waals surface area contributed by atoms with Crippen molar-refractivity contribution in [2.45, 2.75) is 20.0 Å². The molecule has 0 spiro atoms. The summed E-state index contributed by atoms with van der Waals surface area (Å²) in [6, 6.07) is 4.42. The smallest absolute Gasteiger partial charge is 0.0801 e. The molecule has 3 nitrogen and oxygen atoms in total. The van der Waals surface area contributed by atoms with E-state index in [1.54, 1.807) is 11.3 Å². The van der Waals surface area contributed by atoms with Gasteiger partial charge in [0.05, 0.1) is 21.8 Å². The van der Waals surface area contributed by atoms with Crippen molar-refractivity contribution in [3.8, 4) is 10.6 Å². The van der Waals surface area contributed by atoms with Gasteiger partial charge < -0.3 is 9.88 Å². The van der Waals surface area contributed by atoms with Gasteiger partial charge in [0.1, 0.15) is 0 Å². The number of hydrogen-bond donors (Lipinski definition) is 1. The summed E-state index contributed by atoms with van der Waals surface area (Å²) in [5, 5.41) is 3.38. The van der Waals surface area contributed by atoms with Crippen LogP contribution in [0.25, 0.3) is 10.6 Å². The maximum atomic E-state index is 4.31. The van der Waals surface area contributed by atoms with Gasteiger partial charge in [0.25, 0.3) is 0 Å². The Bertz CT molecular complexity index is 484. The van der Waals surface area contributed by atoms with Crippen LogP contribution in [0.2, 0.25) is 0 Å². The van der Waals surface area contributed by atoms with Gasteiger partial charge in [0, 0.05) is 25.3 Å². The summed E-state index contributed by atoms with van der Waals surface area (Å²) in [6.45, 7) is 5.19. The van der Waals surface area contributed by atoms with E-state index in [4.69, 9.17) is 0 Å². The van der Waals surface area contributed by atoms with Crippen LogP contribution in [0.4, 0.5) is 0 Å². The van der Waals surface area contributed by atoms with Crippen LogP contribution >= 0.6 is 11.3 Å². The van der Waals surface area contributed by atoms with Crippen molar-refractivity contribution < 1.29 is 0 Å². The molecule has 0 aromatic carbocycles. The summed E-state index contributed by atoms with van der Waals surface area (Å²) in [7, 11) is 0. The Morgan fingerprint density at radius 3 is 3.20 bits per heavy atom. The van der Waals surface area contributed by atoms with Crippen molar-refractivity contribution in [3.05, 3.63) is 29.0 Å². The van der Waals surface area contributed by atoms with Crippen LogP contribution in [0.1, 0.15) is 11.4 Å². The second kappa shape index (κ2) is 3.47. The van der Waals surface area contributed by atoms with E-state index >= 15 is 0 Å². The van der Waals surface area contributed by atoms with Gasteiger partial charge >= 0.3 is 0 Å². The van der Waals surface area contributed by atoms with Crippen molar-refractivity contribution in [2.75, 3.05) is 6.54 Å². The first-order valence-electron chi connectivity index (χ1n) is 5.16. The van der Waals surface area contributed by atoms with Crippen LogP contribution in [0.15, 0.2) is 17.6 Å². The molecule has 2 aromatic heterocycles. The molecule has 0 fully saturated rings. The number of aromatic nitrogens is 2. The SMILES string of the molecule is Cc1ncsc1-c1ccc2n1CCNC2.